The second kappa shape index (κ2) is 4.63. The van der Waals surface area contributed by atoms with Crippen molar-refractivity contribution in [2.75, 3.05) is 4.90 Å². The van der Waals surface area contributed by atoms with Crippen molar-refractivity contribution in [1.29, 1.82) is 0 Å². The molecule has 1 aromatic rings. The van der Waals surface area contributed by atoms with E-state index in [-0.39, 0.29) is 21.5 Å². The van der Waals surface area contributed by atoms with E-state index in [4.69, 9.17) is 23.2 Å². The molecular weight excluding hydrogens is 265 g/mol. The van der Waals surface area contributed by atoms with Crippen LogP contribution in [0.3, 0.4) is 0 Å². The molecule has 0 spiro atoms. The van der Waals surface area contributed by atoms with Crippen LogP contribution in [-0.2, 0) is 0 Å². The largest absolute Gasteiger partial charge is 0.506 e. The van der Waals surface area contributed by atoms with Crippen LogP contribution in [0.15, 0.2) is 12.1 Å². The average Bonchev–Trinajstić information content (AvgIpc) is 2.10. The Bertz CT molecular complexity index is 432. The van der Waals surface area contributed by atoms with Crippen molar-refractivity contribution in [2.24, 2.45) is 0 Å². The Morgan fingerprint density at radius 1 is 1.29 bits per heavy atom. The summed E-state index contributed by atoms with van der Waals surface area (Å²) in [6.45, 7) is 5.21. The van der Waals surface area contributed by atoms with Gasteiger partial charge in [0.05, 0.1) is 10.7 Å². The Morgan fingerprint density at radius 3 is 2.18 bits per heavy atom. The summed E-state index contributed by atoms with van der Waals surface area (Å²) in [6.07, 6.45) is -1.13. The summed E-state index contributed by atoms with van der Waals surface area (Å²) >= 11 is 11.5. The summed E-state index contributed by atoms with van der Waals surface area (Å²) in [5.74, 6) is -0.246. The lowest BCUT2D eigenvalue weighted by molar-refractivity contribution is 0.195. The SMILES string of the molecule is CC(C)(C)N(C(=O)O)c1cc(O)c(Cl)c(Cl)c1. The molecule has 0 aromatic heterocycles. The molecule has 0 radical (unpaired) electrons. The van der Waals surface area contributed by atoms with Crippen molar-refractivity contribution in [3.05, 3.63) is 22.2 Å². The van der Waals surface area contributed by atoms with Gasteiger partial charge in [-0.1, -0.05) is 23.2 Å². The van der Waals surface area contributed by atoms with Crippen molar-refractivity contribution in [3.8, 4) is 5.75 Å². The van der Waals surface area contributed by atoms with E-state index in [1.807, 2.05) is 0 Å². The van der Waals surface area contributed by atoms with Crippen molar-refractivity contribution in [3.63, 3.8) is 0 Å². The monoisotopic (exact) mass is 277 g/mol. The Balaban J connectivity index is 3.35. The second-order valence-corrected chi connectivity index (χ2v) is 5.33. The predicted octanol–water partition coefficient (Wildman–Crippen LogP) is 3.98. The second-order valence-electron chi connectivity index (χ2n) is 4.55. The van der Waals surface area contributed by atoms with Crippen LogP contribution in [0.25, 0.3) is 0 Å². The zero-order valence-corrected chi connectivity index (χ0v) is 11.2. The van der Waals surface area contributed by atoms with E-state index in [0.29, 0.717) is 0 Å². The Kier molecular flexibility index (Phi) is 3.79. The molecule has 1 amide bonds. The fourth-order valence-corrected chi connectivity index (χ4v) is 1.79. The molecule has 17 heavy (non-hydrogen) atoms. The highest BCUT2D eigenvalue weighted by atomic mass is 35.5. The number of anilines is 1. The van der Waals surface area contributed by atoms with E-state index >= 15 is 0 Å². The zero-order chi connectivity index (χ0) is 13.4. The van der Waals surface area contributed by atoms with Gasteiger partial charge in [0.2, 0.25) is 0 Å². The van der Waals surface area contributed by atoms with Gasteiger partial charge in [0.25, 0.3) is 0 Å². The van der Waals surface area contributed by atoms with E-state index in [2.05, 4.69) is 0 Å². The third-order valence-electron chi connectivity index (χ3n) is 2.11. The first kappa shape index (κ1) is 13.9. The minimum Gasteiger partial charge on any atom is -0.506 e. The van der Waals surface area contributed by atoms with Crippen molar-refractivity contribution in [2.45, 2.75) is 26.3 Å². The fourth-order valence-electron chi connectivity index (χ4n) is 1.47. The lowest BCUT2D eigenvalue weighted by Crippen LogP contribution is -2.45. The smallest absolute Gasteiger partial charge is 0.412 e. The van der Waals surface area contributed by atoms with Gasteiger partial charge in [0.15, 0.2) is 0 Å². The van der Waals surface area contributed by atoms with Crippen LogP contribution >= 0.6 is 23.2 Å². The third kappa shape index (κ3) is 2.96. The molecule has 6 heteroatoms. The number of aromatic hydroxyl groups is 1. The number of phenols is 1. The summed E-state index contributed by atoms with van der Waals surface area (Å²) in [5.41, 5.74) is -0.382. The summed E-state index contributed by atoms with van der Waals surface area (Å²) in [4.78, 5) is 12.3. The quantitative estimate of drug-likeness (QED) is 0.816. The number of carboxylic acid groups (broad SMARTS) is 1. The lowest BCUT2D eigenvalue weighted by atomic mass is 10.1. The molecule has 94 valence electrons. The molecule has 1 aromatic carbocycles. The zero-order valence-electron chi connectivity index (χ0n) is 9.66. The van der Waals surface area contributed by atoms with Gasteiger partial charge >= 0.3 is 6.09 Å². The highest BCUT2D eigenvalue weighted by molar-refractivity contribution is 6.43. The molecule has 0 aliphatic rings. The van der Waals surface area contributed by atoms with Gasteiger partial charge in [-0.05, 0) is 26.8 Å². The first-order valence-corrected chi connectivity index (χ1v) is 5.61. The molecule has 0 unspecified atom stereocenters. The van der Waals surface area contributed by atoms with E-state index in [9.17, 15) is 15.0 Å². The summed E-state index contributed by atoms with van der Waals surface area (Å²) in [5, 5.41) is 18.8. The molecule has 0 saturated carbocycles. The van der Waals surface area contributed by atoms with Gasteiger partial charge in [-0.3, -0.25) is 4.90 Å². The van der Waals surface area contributed by atoms with Crippen molar-refractivity contribution in [1.82, 2.24) is 0 Å². The first-order valence-electron chi connectivity index (χ1n) is 4.85. The maximum Gasteiger partial charge on any atom is 0.412 e. The maximum atomic E-state index is 11.2. The normalized spacial score (nSPS) is 11.4. The van der Waals surface area contributed by atoms with Crippen molar-refractivity contribution < 1.29 is 15.0 Å². The fraction of sp³-hybridized carbons (Fsp3) is 0.364. The van der Waals surface area contributed by atoms with Crippen molar-refractivity contribution >= 4 is 35.0 Å². The number of halogens is 2. The molecule has 1 rings (SSSR count). The lowest BCUT2D eigenvalue weighted by Gasteiger charge is -2.33. The van der Waals surface area contributed by atoms with Crippen LogP contribution < -0.4 is 4.90 Å². The van der Waals surface area contributed by atoms with Gasteiger partial charge in [-0.25, -0.2) is 4.79 Å². The number of amides is 1. The molecule has 2 N–H and O–H groups in total. The van der Waals surface area contributed by atoms with Crippen LogP contribution in [0.1, 0.15) is 20.8 Å². The molecule has 0 aliphatic carbocycles. The van der Waals surface area contributed by atoms with Gasteiger partial charge in [-0.2, -0.15) is 0 Å². The van der Waals surface area contributed by atoms with E-state index < -0.39 is 11.6 Å². The third-order valence-corrected chi connectivity index (χ3v) is 2.91. The molecule has 0 heterocycles. The molecule has 4 nitrogen and oxygen atoms in total. The molecule has 0 aliphatic heterocycles. The summed E-state index contributed by atoms with van der Waals surface area (Å²) < 4.78 is 0. The number of rotatable bonds is 1. The van der Waals surface area contributed by atoms with Gasteiger partial charge < -0.3 is 10.2 Å². The number of nitrogens with zero attached hydrogens (tertiary/aromatic N) is 1. The molecule has 0 fully saturated rings. The summed E-state index contributed by atoms with van der Waals surface area (Å²) in [6, 6.07) is 2.68. The van der Waals surface area contributed by atoms with E-state index in [0.717, 1.165) is 4.90 Å². The average molecular weight is 278 g/mol. The first-order chi connectivity index (χ1) is 7.64. The Morgan fingerprint density at radius 2 is 1.82 bits per heavy atom. The Labute approximate surface area is 109 Å². The van der Waals surface area contributed by atoms with Crippen LogP contribution in [-0.4, -0.2) is 21.8 Å². The molecule has 0 saturated heterocycles. The standard InChI is InChI=1S/C11H13Cl2NO3/c1-11(2,3)14(10(16)17)6-4-7(12)9(13)8(15)5-6/h4-5,15H,1-3H3,(H,16,17). The maximum absolute atomic E-state index is 11.2. The number of carbonyl (C=O) groups is 1. The minimum absolute atomic E-state index is 0.00895. The number of benzene rings is 1. The van der Waals surface area contributed by atoms with Crippen LogP contribution in [0, 0.1) is 0 Å². The highest BCUT2D eigenvalue weighted by Crippen LogP contribution is 2.37. The van der Waals surface area contributed by atoms with Crippen LogP contribution in [0.4, 0.5) is 10.5 Å². The number of phenolic OH excluding ortho intramolecular Hbond substituents is 1. The molecule has 0 atom stereocenters. The number of hydrogen-bond donors (Lipinski definition) is 2. The summed E-state index contributed by atoms with van der Waals surface area (Å²) in [7, 11) is 0. The van der Waals surface area contributed by atoms with Gasteiger partial charge in [0, 0.05) is 11.6 Å². The molecule has 0 bridgehead atoms. The highest BCUT2D eigenvalue weighted by Gasteiger charge is 2.28. The van der Waals surface area contributed by atoms with E-state index in [1.54, 1.807) is 20.8 Å². The molecular formula is C11H13Cl2NO3. The predicted molar refractivity (Wildman–Crippen MR) is 68.4 cm³/mol. The van der Waals surface area contributed by atoms with Crippen LogP contribution in [0.2, 0.25) is 10.0 Å². The van der Waals surface area contributed by atoms with E-state index in [1.165, 1.54) is 12.1 Å². The topological polar surface area (TPSA) is 60.8 Å². The number of hydrogen-bond acceptors (Lipinski definition) is 2. The Hall–Kier alpha value is -1.13. The van der Waals surface area contributed by atoms with Gasteiger partial charge in [0.1, 0.15) is 10.8 Å². The van der Waals surface area contributed by atoms with Crippen LogP contribution in [0.5, 0.6) is 5.75 Å². The van der Waals surface area contributed by atoms with Gasteiger partial charge in [-0.15, -0.1) is 0 Å². The minimum atomic E-state index is -1.13.